The summed E-state index contributed by atoms with van der Waals surface area (Å²) >= 11 is 0. The van der Waals surface area contributed by atoms with E-state index in [1.165, 1.54) is 0 Å². The Labute approximate surface area is 154 Å². The Morgan fingerprint density at radius 1 is 1.35 bits per heavy atom. The number of hydrogen-bond acceptors (Lipinski definition) is 5. The molecule has 0 aromatic heterocycles. The lowest BCUT2D eigenvalue weighted by Crippen LogP contribution is -2.44. The number of rotatable bonds is 4. The van der Waals surface area contributed by atoms with Crippen molar-refractivity contribution in [1.82, 2.24) is 9.80 Å². The summed E-state index contributed by atoms with van der Waals surface area (Å²) in [5.41, 5.74) is 1.15. The molecule has 2 atom stereocenters. The van der Waals surface area contributed by atoms with Gasteiger partial charge in [0, 0.05) is 32.0 Å². The summed E-state index contributed by atoms with van der Waals surface area (Å²) in [6.07, 6.45) is 1.31. The van der Waals surface area contributed by atoms with E-state index in [4.69, 9.17) is 19.4 Å². The van der Waals surface area contributed by atoms with Crippen LogP contribution in [0.5, 0.6) is 5.75 Å². The third-order valence-corrected chi connectivity index (χ3v) is 4.86. The summed E-state index contributed by atoms with van der Waals surface area (Å²) in [5, 5.41) is 6.89. The predicted octanol–water partition coefficient (Wildman–Crippen LogP) is 1.12. The van der Waals surface area contributed by atoms with Crippen LogP contribution in [-0.4, -0.2) is 80.3 Å². The predicted molar refractivity (Wildman–Crippen MR) is 97.3 cm³/mol. The number of hydrogen-bond donors (Lipinski definition) is 1. The van der Waals surface area contributed by atoms with E-state index in [9.17, 15) is 4.79 Å². The average molecular weight is 364 g/mol. The van der Waals surface area contributed by atoms with Crippen molar-refractivity contribution in [3.8, 4) is 5.75 Å². The zero-order chi connectivity index (χ0) is 18.9. The third kappa shape index (κ3) is 5.71. The molecule has 3 rings (SSSR count). The second kappa shape index (κ2) is 10.1. The molecule has 2 fully saturated rings. The molecular weight excluding hydrogens is 336 g/mol. The summed E-state index contributed by atoms with van der Waals surface area (Å²) in [7, 11) is 3.80. The highest BCUT2D eigenvalue weighted by Gasteiger charge is 2.32. The summed E-state index contributed by atoms with van der Waals surface area (Å²) in [6, 6.07) is 8.28. The fourth-order valence-electron chi connectivity index (χ4n) is 3.49. The normalized spacial score (nSPS) is 22.6. The number of ether oxygens (including phenoxy) is 2. The molecule has 1 aromatic rings. The average Bonchev–Trinajstić information content (AvgIpc) is 2.89. The molecule has 2 heterocycles. The molecule has 0 spiro atoms. The fraction of sp³-hybridized carbons (Fsp3) is 0.579. The largest absolute Gasteiger partial charge is 0.497 e. The lowest BCUT2D eigenvalue weighted by atomic mass is 10.1. The summed E-state index contributed by atoms with van der Waals surface area (Å²) in [5.74, 6) is 1.52. The van der Waals surface area contributed by atoms with Gasteiger partial charge in [0.15, 0.2) is 0 Å². The minimum Gasteiger partial charge on any atom is -0.497 e. The maximum atomic E-state index is 12.7. The van der Waals surface area contributed by atoms with Crippen LogP contribution in [0.3, 0.4) is 0 Å². The van der Waals surface area contributed by atoms with Gasteiger partial charge in [0.25, 0.3) is 6.47 Å². The molecule has 2 aliphatic rings. The molecule has 144 valence electrons. The van der Waals surface area contributed by atoms with Crippen LogP contribution in [0.15, 0.2) is 24.3 Å². The van der Waals surface area contributed by atoms with Crippen LogP contribution in [0.4, 0.5) is 0 Å². The van der Waals surface area contributed by atoms with Crippen LogP contribution in [0.2, 0.25) is 0 Å². The van der Waals surface area contributed by atoms with Crippen LogP contribution in [0, 0.1) is 5.92 Å². The number of methoxy groups -OCH3 is 1. The molecule has 0 aliphatic carbocycles. The standard InChI is InChI=1S/C18H26N2O3.CH2O2/c1-19-9-15-10-20(11-16(19)13-23-12-15)18(21)7-6-14-4-3-5-17(8-14)22-2;2-1-3/h3-5,8,15-16H,6-7,9-13H2,1-2H3;1H,(H,2,3)/t15-,16+;/m1./s1. The van der Waals surface area contributed by atoms with Crippen molar-refractivity contribution in [2.45, 2.75) is 18.9 Å². The van der Waals surface area contributed by atoms with Gasteiger partial charge in [-0.2, -0.15) is 0 Å². The number of nitrogens with zero attached hydrogens (tertiary/aromatic N) is 2. The zero-order valence-corrected chi connectivity index (χ0v) is 15.5. The number of carbonyl (C=O) groups excluding carboxylic acids is 1. The number of benzene rings is 1. The molecule has 2 bridgehead atoms. The minimum atomic E-state index is -0.250. The van der Waals surface area contributed by atoms with E-state index in [1.807, 2.05) is 23.1 Å². The van der Waals surface area contributed by atoms with Crippen molar-refractivity contribution in [3.63, 3.8) is 0 Å². The monoisotopic (exact) mass is 364 g/mol. The third-order valence-electron chi connectivity index (χ3n) is 4.86. The van der Waals surface area contributed by atoms with Crippen LogP contribution in [-0.2, 0) is 20.7 Å². The highest BCUT2D eigenvalue weighted by atomic mass is 16.5. The molecule has 0 radical (unpaired) electrons. The molecule has 7 heteroatoms. The highest BCUT2D eigenvalue weighted by Crippen LogP contribution is 2.20. The minimum absolute atomic E-state index is 0.250. The van der Waals surface area contributed by atoms with Gasteiger partial charge in [-0.3, -0.25) is 14.5 Å². The van der Waals surface area contributed by atoms with Crippen molar-refractivity contribution in [2.75, 3.05) is 47.0 Å². The number of carbonyl (C=O) groups is 2. The van der Waals surface area contributed by atoms with E-state index in [-0.39, 0.29) is 12.4 Å². The van der Waals surface area contributed by atoms with Gasteiger partial charge in [-0.05, 0) is 31.2 Å². The highest BCUT2D eigenvalue weighted by molar-refractivity contribution is 5.76. The van der Waals surface area contributed by atoms with Crippen LogP contribution >= 0.6 is 0 Å². The van der Waals surface area contributed by atoms with Gasteiger partial charge in [0.2, 0.25) is 5.91 Å². The van der Waals surface area contributed by atoms with E-state index in [2.05, 4.69) is 18.0 Å². The van der Waals surface area contributed by atoms with Crippen LogP contribution in [0.1, 0.15) is 12.0 Å². The molecule has 1 aromatic carbocycles. The maximum Gasteiger partial charge on any atom is 0.290 e. The van der Waals surface area contributed by atoms with Gasteiger partial charge in [-0.15, -0.1) is 0 Å². The van der Waals surface area contributed by atoms with Crippen molar-refractivity contribution in [3.05, 3.63) is 29.8 Å². The SMILES string of the molecule is COc1cccc(CCC(=O)N2C[C@@H]3COC[C@H](C2)N(C)C3)c1.O=CO. The number of aryl methyl sites for hydroxylation is 1. The van der Waals surface area contributed by atoms with Crippen molar-refractivity contribution in [1.29, 1.82) is 0 Å². The number of fused-ring (bicyclic) bond motifs is 3. The Bertz CT molecular complexity index is 595. The molecule has 2 aliphatic heterocycles. The summed E-state index contributed by atoms with van der Waals surface area (Å²) < 4.78 is 11.0. The first-order valence-corrected chi connectivity index (χ1v) is 8.84. The van der Waals surface area contributed by atoms with Crippen molar-refractivity contribution in [2.24, 2.45) is 5.92 Å². The lowest BCUT2D eigenvalue weighted by molar-refractivity contribution is -0.133. The first kappa shape index (κ1) is 20.2. The van der Waals surface area contributed by atoms with Crippen molar-refractivity contribution < 1.29 is 24.2 Å². The number of carboxylic acid groups (broad SMARTS) is 1. The summed E-state index contributed by atoms with van der Waals surface area (Å²) in [6.45, 7) is 3.86. The first-order chi connectivity index (χ1) is 12.6. The molecule has 1 N–H and O–H groups in total. The zero-order valence-electron chi connectivity index (χ0n) is 15.5. The molecule has 0 unspecified atom stereocenters. The molecular formula is C19H28N2O5. The Kier molecular flexibility index (Phi) is 7.87. The topological polar surface area (TPSA) is 79.3 Å². The van der Waals surface area contributed by atoms with E-state index in [0.717, 1.165) is 50.6 Å². The molecule has 1 amide bonds. The van der Waals surface area contributed by atoms with Gasteiger partial charge in [-0.1, -0.05) is 12.1 Å². The lowest BCUT2D eigenvalue weighted by Gasteiger charge is -2.29. The number of amides is 1. The quantitative estimate of drug-likeness (QED) is 0.807. The van der Waals surface area contributed by atoms with Crippen LogP contribution < -0.4 is 4.74 Å². The van der Waals surface area contributed by atoms with Crippen molar-refractivity contribution >= 4 is 12.4 Å². The van der Waals surface area contributed by atoms with E-state index in [0.29, 0.717) is 18.4 Å². The number of likely N-dealkylation sites (N-methyl/N-ethyl adjacent to an activating group) is 1. The van der Waals surface area contributed by atoms with E-state index >= 15 is 0 Å². The molecule has 0 saturated carbocycles. The Balaban J connectivity index is 0.000000758. The molecule has 2 saturated heterocycles. The van der Waals surface area contributed by atoms with Gasteiger partial charge >= 0.3 is 0 Å². The van der Waals surface area contributed by atoms with E-state index in [1.54, 1.807) is 7.11 Å². The van der Waals surface area contributed by atoms with Gasteiger partial charge in [0.1, 0.15) is 5.75 Å². The van der Waals surface area contributed by atoms with Gasteiger partial charge in [-0.25, -0.2) is 0 Å². The molecule has 26 heavy (non-hydrogen) atoms. The fourth-order valence-corrected chi connectivity index (χ4v) is 3.49. The first-order valence-electron chi connectivity index (χ1n) is 8.84. The van der Waals surface area contributed by atoms with Gasteiger partial charge in [0.05, 0.1) is 26.4 Å². The summed E-state index contributed by atoms with van der Waals surface area (Å²) in [4.78, 5) is 25.4. The Morgan fingerprint density at radius 2 is 2.12 bits per heavy atom. The van der Waals surface area contributed by atoms with Gasteiger partial charge < -0.3 is 19.5 Å². The smallest absolute Gasteiger partial charge is 0.290 e. The maximum absolute atomic E-state index is 12.7. The van der Waals surface area contributed by atoms with Crippen LogP contribution in [0.25, 0.3) is 0 Å². The Hall–Kier alpha value is -2.12. The molecule has 7 nitrogen and oxygen atoms in total. The van der Waals surface area contributed by atoms with E-state index < -0.39 is 0 Å². The Morgan fingerprint density at radius 3 is 2.85 bits per heavy atom. The second-order valence-electron chi connectivity index (χ2n) is 6.75. The second-order valence-corrected chi connectivity index (χ2v) is 6.75.